The van der Waals surface area contributed by atoms with E-state index in [0.717, 1.165) is 16.7 Å². The Morgan fingerprint density at radius 2 is 1.60 bits per heavy atom. The van der Waals surface area contributed by atoms with Crippen molar-refractivity contribution in [2.24, 2.45) is 0 Å². The van der Waals surface area contributed by atoms with Gasteiger partial charge in [0.2, 0.25) is 11.8 Å². The molecule has 0 unspecified atom stereocenters. The van der Waals surface area contributed by atoms with Crippen LogP contribution >= 0.6 is 0 Å². The number of aryl methyl sites for hydroxylation is 1. The summed E-state index contributed by atoms with van der Waals surface area (Å²) in [7, 11) is 0. The minimum Gasteiger partial charge on any atom is -0.421 e. The lowest BCUT2D eigenvalue weighted by Crippen LogP contribution is -1.83. The van der Waals surface area contributed by atoms with Crippen LogP contribution in [0.2, 0.25) is 0 Å². The van der Waals surface area contributed by atoms with Crippen LogP contribution in [0.15, 0.2) is 59.0 Å². The summed E-state index contributed by atoms with van der Waals surface area (Å²) < 4.78 is 5.51. The van der Waals surface area contributed by atoms with Crippen LogP contribution in [0.1, 0.15) is 17.0 Å². The molecule has 0 atom stereocenters. The quantitative estimate of drug-likeness (QED) is 0.663. The lowest BCUT2D eigenvalue weighted by Gasteiger charge is -2.01. The first-order chi connectivity index (χ1) is 9.83. The number of benzene rings is 2. The number of aromatic nitrogens is 2. The first-order valence-electron chi connectivity index (χ1n) is 6.45. The van der Waals surface area contributed by atoms with Crippen molar-refractivity contribution in [1.29, 1.82) is 0 Å². The molecular weight excluding hydrogens is 248 g/mol. The predicted octanol–water partition coefficient (Wildman–Crippen LogP) is 4.22. The first kappa shape index (κ1) is 12.4. The molecule has 0 spiro atoms. The van der Waals surface area contributed by atoms with Crippen molar-refractivity contribution in [3.8, 4) is 11.5 Å². The van der Waals surface area contributed by atoms with Crippen LogP contribution < -0.4 is 0 Å². The normalized spacial score (nSPS) is 11.1. The summed E-state index contributed by atoms with van der Waals surface area (Å²) >= 11 is 0. The number of nitrogens with zero attached hydrogens (tertiary/aromatic N) is 2. The van der Waals surface area contributed by atoms with E-state index in [-0.39, 0.29) is 0 Å². The maximum Gasteiger partial charge on any atom is 0.248 e. The SMILES string of the molecule is Cc1nnc(-c2ccccc2/C=C/c2ccccc2)o1. The second-order valence-electron chi connectivity index (χ2n) is 4.46. The van der Waals surface area contributed by atoms with Gasteiger partial charge in [0.05, 0.1) is 0 Å². The topological polar surface area (TPSA) is 38.9 Å². The highest BCUT2D eigenvalue weighted by atomic mass is 16.4. The molecule has 20 heavy (non-hydrogen) atoms. The smallest absolute Gasteiger partial charge is 0.248 e. The van der Waals surface area contributed by atoms with E-state index in [0.29, 0.717) is 11.8 Å². The molecule has 3 heteroatoms. The Hall–Kier alpha value is -2.68. The highest BCUT2D eigenvalue weighted by Gasteiger charge is 2.08. The zero-order valence-electron chi connectivity index (χ0n) is 11.2. The van der Waals surface area contributed by atoms with Crippen LogP contribution in [-0.4, -0.2) is 10.2 Å². The number of hydrogen-bond donors (Lipinski definition) is 0. The van der Waals surface area contributed by atoms with Crippen molar-refractivity contribution in [1.82, 2.24) is 10.2 Å². The summed E-state index contributed by atoms with van der Waals surface area (Å²) in [6.07, 6.45) is 4.13. The highest BCUT2D eigenvalue weighted by molar-refractivity contribution is 5.77. The Labute approximate surface area is 117 Å². The van der Waals surface area contributed by atoms with Crippen molar-refractivity contribution in [2.75, 3.05) is 0 Å². The first-order valence-corrected chi connectivity index (χ1v) is 6.45. The van der Waals surface area contributed by atoms with E-state index in [1.54, 1.807) is 6.92 Å². The van der Waals surface area contributed by atoms with Crippen LogP contribution in [0.25, 0.3) is 23.6 Å². The van der Waals surface area contributed by atoms with Crippen LogP contribution in [0.5, 0.6) is 0 Å². The van der Waals surface area contributed by atoms with E-state index in [4.69, 9.17) is 4.42 Å². The third-order valence-corrected chi connectivity index (χ3v) is 2.97. The molecule has 98 valence electrons. The molecule has 2 aromatic carbocycles. The fourth-order valence-corrected chi connectivity index (χ4v) is 1.99. The van der Waals surface area contributed by atoms with Crippen molar-refractivity contribution < 1.29 is 4.42 Å². The summed E-state index contributed by atoms with van der Waals surface area (Å²) in [5, 5.41) is 7.96. The Kier molecular flexibility index (Phi) is 3.42. The maximum absolute atomic E-state index is 5.51. The molecule has 1 heterocycles. The third kappa shape index (κ3) is 2.67. The van der Waals surface area contributed by atoms with Crippen LogP contribution in [0.3, 0.4) is 0 Å². The van der Waals surface area contributed by atoms with Crippen LogP contribution in [0.4, 0.5) is 0 Å². The van der Waals surface area contributed by atoms with Gasteiger partial charge in [0.1, 0.15) is 0 Å². The molecule has 3 nitrogen and oxygen atoms in total. The van der Waals surface area contributed by atoms with Gasteiger partial charge in [-0.2, -0.15) is 0 Å². The molecule has 1 aromatic heterocycles. The zero-order chi connectivity index (χ0) is 13.8. The Morgan fingerprint density at radius 3 is 2.35 bits per heavy atom. The standard InChI is InChI=1S/C17H14N2O/c1-13-18-19-17(20-13)16-10-6-5-9-15(16)12-11-14-7-3-2-4-8-14/h2-12H,1H3/b12-11+. The maximum atomic E-state index is 5.51. The lowest BCUT2D eigenvalue weighted by atomic mass is 10.1. The van der Waals surface area contributed by atoms with Gasteiger partial charge in [-0.05, 0) is 17.2 Å². The van der Waals surface area contributed by atoms with Crippen molar-refractivity contribution in [2.45, 2.75) is 6.92 Å². The van der Waals surface area contributed by atoms with Gasteiger partial charge in [0, 0.05) is 12.5 Å². The summed E-state index contributed by atoms with van der Waals surface area (Å²) in [6.45, 7) is 1.79. The molecule has 0 aliphatic heterocycles. The Bertz CT molecular complexity index is 730. The Morgan fingerprint density at radius 1 is 0.850 bits per heavy atom. The molecule has 0 N–H and O–H groups in total. The molecule has 0 aliphatic rings. The van der Waals surface area contributed by atoms with Gasteiger partial charge >= 0.3 is 0 Å². The van der Waals surface area contributed by atoms with Crippen molar-refractivity contribution in [3.63, 3.8) is 0 Å². The van der Waals surface area contributed by atoms with Crippen molar-refractivity contribution in [3.05, 3.63) is 71.6 Å². The molecule has 0 radical (unpaired) electrons. The molecule has 3 aromatic rings. The molecule has 0 fully saturated rings. The molecule has 0 saturated heterocycles. The largest absolute Gasteiger partial charge is 0.421 e. The minimum atomic E-state index is 0.552. The van der Waals surface area contributed by atoms with Gasteiger partial charge in [0.25, 0.3) is 0 Å². The fraction of sp³-hybridized carbons (Fsp3) is 0.0588. The van der Waals surface area contributed by atoms with E-state index in [2.05, 4.69) is 34.5 Å². The van der Waals surface area contributed by atoms with Gasteiger partial charge in [-0.25, -0.2) is 0 Å². The molecular formula is C17H14N2O. The minimum absolute atomic E-state index is 0.552. The van der Waals surface area contributed by atoms with Crippen LogP contribution in [0, 0.1) is 6.92 Å². The zero-order valence-corrected chi connectivity index (χ0v) is 11.2. The summed E-state index contributed by atoms with van der Waals surface area (Å²) in [5.74, 6) is 1.12. The van der Waals surface area contributed by atoms with Gasteiger partial charge in [-0.3, -0.25) is 0 Å². The summed E-state index contributed by atoms with van der Waals surface area (Å²) in [4.78, 5) is 0. The summed E-state index contributed by atoms with van der Waals surface area (Å²) in [6, 6.07) is 18.2. The third-order valence-electron chi connectivity index (χ3n) is 2.97. The molecule has 0 bridgehead atoms. The second-order valence-corrected chi connectivity index (χ2v) is 4.46. The highest BCUT2D eigenvalue weighted by Crippen LogP contribution is 2.24. The van der Waals surface area contributed by atoms with Gasteiger partial charge in [0.15, 0.2) is 0 Å². The number of rotatable bonds is 3. The lowest BCUT2D eigenvalue weighted by molar-refractivity contribution is 0.532. The van der Waals surface area contributed by atoms with E-state index in [1.165, 1.54) is 0 Å². The molecule has 3 rings (SSSR count). The number of hydrogen-bond acceptors (Lipinski definition) is 3. The molecule has 0 aliphatic carbocycles. The van der Waals surface area contributed by atoms with E-state index >= 15 is 0 Å². The predicted molar refractivity (Wildman–Crippen MR) is 79.8 cm³/mol. The van der Waals surface area contributed by atoms with Gasteiger partial charge in [-0.15, -0.1) is 10.2 Å². The Balaban J connectivity index is 1.96. The average Bonchev–Trinajstić information content (AvgIpc) is 2.93. The van der Waals surface area contributed by atoms with Crippen molar-refractivity contribution >= 4 is 12.2 Å². The fourth-order valence-electron chi connectivity index (χ4n) is 1.99. The average molecular weight is 262 g/mol. The molecule has 0 amide bonds. The van der Waals surface area contributed by atoms with E-state index < -0.39 is 0 Å². The second kappa shape index (κ2) is 5.53. The molecule has 0 saturated carbocycles. The van der Waals surface area contributed by atoms with E-state index in [9.17, 15) is 0 Å². The van der Waals surface area contributed by atoms with E-state index in [1.807, 2.05) is 42.5 Å². The van der Waals surface area contributed by atoms with Gasteiger partial charge in [-0.1, -0.05) is 60.7 Å². The monoisotopic (exact) mass is 262 g/mol. The summed E-state index contributed by atoms with van der Waals surface area (Å²) in [5.41, 5.74) is 3.16. The van der Waals surface area contributed by atoms with Crippen LogP contribution in [-0.2, 0) is 0 Å². The van der Waals surface area contributed by atoms with Gasteiger partial charge < -0.3 is 4.42 Å².